The van der Waals surface area contributed by atoms with Gasteiger partial charge in [0.2, 0.25) is 5.91 Å². The number of amides is 1. The molecule has 26 heavy (non-hydrogen) atoms. The van der Waals surface area contributed by atoms with E-state index in [0.29, 0.717) is 24.2 Å². The number of rotatable bonds is 8. The number of nitrogens with one attached hydrogen (secondary N) is 2. The fraction of sp³-hybridized carbons (Fsp3) is 0.278. The van der Waals surface area contributed by atoms with Gasteiger partial charge in [0, 0.05) is 19.0 Å². The second kappa shape index (κ2) is 8.89. The molecule has 2 N–H and O–H groups in total. The molecule has 1 amide bonds. The van der Waals surface area contributed by atoms with E-state index in [9.17, 15) is 23.7 Å². The Hall–Kier alpha value is -3.03. The zero-order chi connectivity index (χ0) is 19.1. The molecule has 0 saturated carbocycles. The molecule has 1 atom stereocenters. The summed E-state index contributed by atoms with van der Waals surface area (Å²) in [5.41, 5.74) is 0.840. The van der Waals surface area contributed by atoms with Crippen LogP contribution in [0.2, 0.25) is 0 Å². The van der Waals surface area contributed by atoms with Crippen molar-refractivity contribution in [1.29, 1.82) is 0 Å². The highest BCUT2D eigenvalue weighted by Crippen LogP contribution is 2.23. The van der Waals surface area contributed by atoms with Gasteiger partial charge in [0.05, 0.1) is 11.0 Å². The molecule has 0 fully saturated rings. The van der Waals surface area contributed by atoms with E-state index in [1.165, 1.54) is 12.1 Å². The van der Waals surface area contributed by atoms with Crippen LogP contribution in [0.25, 0.3) is 0 Å². The topological polar surface area (TPSA) is 84.3 Å². The Morgan fingerprint density at radius 2 is 1.92 bits per heavy atom. The van der Waals surface area contributed by atoms with Crippen molar-refractivity contribution in [2.45, 2.75) is 25.8 Å². The van der Waals surface area contributed by atoms with Crippen LogP contribution in [-0.2, 0) is 4.79 Å². The predicted octanol–water partition coefficient (Wildman–Crippen LogP) is 3.94. The van der Waals surface area contributed by atoms with E-state index in [1.54, 1.807) is 25.1 Å². The lowest BCUT2D eigenvalue weighted by molar-refractivity contribution is -0.384. The van der Waals surface area contributed by atoms with Gasteiger partial charge in [0.25, 0.3) is 5.69 Å². The summed E-state index contributed by atoms with van der Waals surface area (Å²) in [6.45, 7) is 2.06. The van der Waals surface area contributed by atoms with Gasteiger partial charge in [0.15, 0.2) is 11.6 Å². The van der Waals surface area contributed by atoms with Gasteiger partial charge >= 0.3 is 0 Å². The van der Waals surface area contributed by atoms with Gasteiger partial charge < -0.3 is 10.6 Å². The van der Waals surface area contributed by atoms with E-state index in [0.717, 1.165) is 12.1 Å². The van der Waals surface area contributed by atoms with Crippen molar-refractivity contribution in [3.05, 3.63) is 69.8 Å². The minimum absolute atomic E-state index is 0.0242. The van der Waals surface area contributed by atoms with Crippen molar-refractivity contribution in [3.8, 4) is 0 Å². The van der Waals surface area contributed by atoms with Crippen molar-refractivity contribution < 1.29 is 18.5 Å². The van der Waals surface area contributed by atoms with E-state index in [1.807, 2.05) is 0 Å². The van der Waals surface area contributed by atoms with Gasteiger partial charge in [-0.25, -0.2) is 8.78 Å². The van der Waals surface area contributed by atoms with Crippen LogP contribution in [0.5, 0.6) is 0 Å². The molecule has 0 unspecified atom stereocenters. The Labute approximate surface area is 149 Å². The van der Waals surface area contributed by atoms with E-state index in [-0.39, 0.29) is 18.0 Å². The molecule has 2 rings (SSSR count). The maximum Gasteiger partial charge on any atom is 0.292 e. The van der Waals surface area contributed by atoms with E-state index >= 15 is 0 Å². The summed E-state index contributed by atoms with van der Waals surface area (Å²) < 4.78 is 26.2. The normalized spacial score (nSPS) is 11.7. The lowest BCUT2D eigenvalue weighted by Gasteiger charge is -2.15. The first-order valence-corrected chi connectivity index (χ1v) is 8.10. The number of nitrogens with zero attached hydrogens (tertiary/aromatic N) is 1. The largest absolute Gasteiger partial charge is 0.379 e. The minimum Gasteiger partial charge on any atom is -0.379 e. The standard InChI is InChI=1S/C18H19F2N3O3/c1-12(13-8-9-14(19)15(20)11-13)22-18(24)7-4-10-21-16-5-2-3-6-17(16)23(25)26/h2-3,5-6,8-9,11-12,21H,4,7,10H2,1H3,(H,22,24)/t12-/m1/s1. The molecule has 0 saturated heterocycles. The van der Waals surface area contributed by atoms with Gasteiger partial charge in [-0.15, -0.1) is 0 Å². The van der Waals surface area contributed by atoms with E-state index in [4.69, 9.17) is 0 Å². The van der Waals surface area contributed by atoms with Gasteiger partial charge in [-0.1, -0.05) is 18.2 Å². The molecule has 2 aromatic carbocycles. The third kappa shape index (κ3) is 5.23. The number of carbonyl (C=O) groups excluding carboxylic acids is 1. The molecule has 0 spiro atoms. The van der Waals surface area contributed by atoms with Crippen LogP contribution in [0.15, 0.2) is 42.5 Å². The van der Waals surface area contributed by atoms with Gasteiger partial charge in [-0.05, 0) is 37.1 Å². The smallest absolute Gasteiger partial charge is 0.292 e. The Kier molecular flexibility index (Phi) is 6.60. The fourth-order valence-electron chi connectivity index (χ4n) is 2.43. The molecule has 0 radical (unpaired) electrons. The number of hydrogen-bond acceptors (Lipinski definition) is 4. The van der Waals surface area contributed by atoms with Crippen LogP contribution in [0, 0.1) is 21.7 Å². The molecule has 8 heteroatoms. The Morgan fingerprint density at radius 1 is 1.19 bits per heavy atom. The highest BCUT2D eigenvalue weighted by molar-refractivity contribution is 5.76. The number of nitro benzene ring substituents is 1. The summed E-state index contributed by atoms with van der Waals surface area (Å²) >= 11 is 0. The summed E-state index contributed by atoms with van der Waals surface area (Å²) in [4.78, 5) is 22.4. The quantitative estimate of drug-likeness (QED) is 0.423. The number of benzene rings is 2. The monoisotopic (exact) mass is 363 g/mol. The first-order valence-electron chi connectivity index (χ1n) is 8.10. The van der Waals surface area contributed by atoms with Crippen LogP contribution < -0.4 is 10.6 Å². The van der Waals surface area contributed by atoms with Crippen molar-refractivity contribution in [1.82, 2.24) is 5.32 Å². The van der Waals surface area contributed by atoms with Gasteiger partial charge in [0.1, 0.15) is 5.69 Å². The third-order valence-corrected chi connectivity index (χ3v) is 3.82. The molecule has 0 aliphatic rings. The van der Waals surface area contributed by atoms with Crippen molar-refractivity contribution in [3.63, 3.8) is 0 Å². The fourth-order valence-corrected chi connectivity index (χ4v) is 2.43. The Balaban J connectivity index is 1.78. The lowest BCUT2D eigenvalue weighted by atomic mass is 10.1. The molecule has 6 nitrogen and oxygen atoms in total. The molecule has 0 aliphatic carbocycles. The second-order valence-electron chi connectivity index (χ2n) is 5.77. The van der Waals surface area contributed by atoms with Gasteiger partial charge in [-0.2, -0.15) is 0 Å². The maximum absolute atomic E-state index is 13.2. The molecular weight excluding hydrogens is 344 g/mol. The molecule has 2 aromatic rings. The van der Waals surface area contributed by atoms with Crippen LogP contribution in [0.1, 0.15) is 31.4 Å². The maximum atomic E-state index is 13.2. The van der Waals surface area contributed by atoms with Crippen LogP contribution in [0.3, 0.4) is 0 Å². The predicted molar refractivity (Wildman–Crippen MR) is 93.7 cm³/mol. The third-order valence-electron chi connectivity index (χ3n) is 3.82. The molecule has 0 heterocycles. The summed E-state index contributed by atoms with van der Waals surface area (Å²) in [7, 11) is 0. The van der Waals surface area contributed by atoms with Crippen molar-refractivity contribution in [2.24, 2.45) is 0 Å². The highest BCUT2D eigenvalue weighted by Gasteiger charge is 2.13. The molecular formula is C18H19F2N3O3. The van der Waals surface area contributed by atoms with Crippen molar-refractivity contribution >= 4 is 17.3 Å². The number of halogens is 2. The summed E-state index contributed by atoms with van der Waals surface area (Å²) in [6.07, 6.45) is 0.657. The summed E-state index contributed by atoms with van der Waals surface area (Å²) in [5.74, 6) is -2.14. The number of anilines is 1. The summed E-state index contributed by atoms with van der Waals surface area (Å²) in [5, 5.41) is 16.6. The number of carbonyl (C=O) groups is 1. The Bertz CT molecular complexity index is 799. The van der Waals surface area contributed by atoms with Gasteiger partial charge in [-0.3, -0.25) is 14.9 Å². The minimum atomic E-state index is -0.961. The average molecular weight is 363 g/mol. The Morgan fingerprint density at radius 3 is 2.62 bits per heavy atom. The van der Waals surface area contributed by atoms with Crippen molar-refractivity contribution in [2.75, 3.05) is 11.9 Å². The van der Waals surface area contributed by atoms with Crippen LogP contribution in [0.4, 0.5) is 20.2 Å². The number of para-hydroxylation sites is 2. The molecule has 0 bridgehead atoms. The van der Waals surface area contributed by atoms with E-state index in [2.05, 4.69) is 10.6 Å². The molecule has 0 aromatic heterocycles. The van der Waals surface area contributed by atoms with Crippen LogP contribution >= 0.6 is 0 Å². The average Bonchev–Trinajstić information content (AvgIpc) is 2.61. The first-order chi connectivity index (χ1) is 12.4. The van der Waals surface area contributed by atoms with E-state index < -0.39 is 22.6 Å². The lowest BCUT2D eigenvalue weighted by Crippen LogP contribution is -2.27. The molecule has 138 valence electrons. The van der Waals surface area contributed by atoms with Crippen LogP contribution in [-0.4, -0.2) is 17.4 Å². The SMILES string of the molecule is C[C@@H](NC(=O)CCCNc1ccccc1[N+](=O)[O-])c1ccc(F)c(F)c1. The zero-order valence-electron chi connectivity index (χ0n) is 14.2. The number of hydrogen-bond donors (Lipinski definition) is 2. The second-order valence-corrected chi connectivity index (χ2v) is 5.77. The molecule has 0 aliphatic heterocycles. The zero-order valence-corrected chi connectivity index (χ0v) is 14.2. The first kappa shape index (κ1) is 19.3. The highest BCUT2D eigenvalue weighted by atomic mass is 19.2. The number of nitro groups is 1. The summed E-state index contributed by atoms with van der Waals surface area (Å²) in [6, 6.07) is 9.30.